The van der Waals surface area contributed by atoms with Crippen molar-refractivity contribution < 1.29 is 33.4 Å². The molecular weight excluding hydrogens is 658 g/mol. The molecule has 1 N–H and O–H groups in total. The summed E-state index contributed by atoms with van der Waals surface area (Å²) in [5.41, 5.74) is 3.09. The van der Waals surface area contributed by atoms with Crippen molar-refractivity contribution in [2.45, 2.75) is 29.0 Å². The lowest BCUT2D eigenvalue weighted by atomic mass is 9.56. The summed E-state index contributed by atoms with van der Waals surface area (Å²) in [6.07, 6.45) is 5.19. The molecule has 3 fully saturated rings. The van der Waals surface area contributed by atoms with Crippen molar-refractivity contribution in [3.63, 3.8) is 0 Å². The van der Waals surface area contributed by atoms with Crippen molar-refractivity contribution in [1.29, 1.82) is 0 Å². The molecule has 1 saturated carbocycles. The monoisotopic (exact) mass is 684 g/mol. The number of aromatic hydroxyl groups is 1. The second-order valence-electron chi connectivity index (χ2n) is 12.8. The van der Waals surface area contributed by atoms with Gasteiger partial charge in [-0.1, -0.05) is 36.4 Å². The Morgan fingerprint density at radius 1 is 0.896 bits per heavy atom. The summed E-state index contributed by atoms with van der Waals surface area (Å²) in [6, 6.07) is 16.4. The van der Waals surface area contributed by atoms with Gasteiger partial charge in [-0.3, -0.25) is 24.1 Å². The number of ether oxygens (including phenoxy) is 1. The fourth-order valence-corrected chi connectivity index (χ4v) is 9.17. The SMILES string of the molecule is C=Cc1ccc(N2C(=O)C3CC=C4C(CC5(Cl)C(=O)N(c6ccc(F)cc6)C(=O)C5(Cl)C4C4=COc5ccc(O)cc5C4)C3C2=O)cc1. The molecule has 0 spiro atoms. The average Bonchev–Trinajstić information content (AvgIpc) is 3.42. The van der Waals surface area contributed by atoms with Gasteiger partial charge in [0.15, 0.2) is 9.75 Å². The maximum Gasteiger partial charge on any atom is 0.258 e. The molecular formula is C37H27Cl2FN2O6. The number of nitrogens with zero attached hydrogens (tertiary/aromatic N) is 2. The summed E-state index contributed by atoms with van der Waals surface area (Å²) in [6.45, 7) is 3.76. The van der Waals surface area contributed by atoms with Crippen LogP contribution in [0.5, 0.6) is 11.5 Å². The Hall–Kier alpha value is -4.73. The number of halogens is 3. The zero-order chi connectivity index (χ0) is 33.7. The number of hydrogen-bond acceptors (Lipinski definition) is 6. The van der Waals surface area contributed by atoms with E-state index in [0.717, 1.165) is 22.6 Å². The van der Waals surface area contributed by atoms with Crippen molar-refractivity contribution in [2.75, 3.05) is 9.80 Å². The number of rotatable bonds is 4. The number of carbonyl (C=O) groups excluding carboxylic acids is 4. The number of allylic oxidation sites excluding steroid dienone is 3. The molecule has 0 aromatic heterocycles. The van der Waals surface area contributed by atoms with E-state index in [0.29, 0.717) is 28.1 Å². The van der Waals surface area contributed by atoms with Gasteiger partial charge in [0.1, 0.15) is 17.3 Å². The van der Waals surface area contributed by atoms with Crippen LogP contribution in [0.15, 0.2) is 96.8 Å². The van der Waals surface area contributed by atoms with E-state index in [9.17, 15) is 28.7 Å². The van der Waals surface area contributed by atoms with E-state index in [2.05, 4.69) is 6.58 Å². The Balaban J connectivity index is 1.27. The number of benzene rings is 3. The highest BCUT2D eigenvalue weighted by molar-refractivity contribution is 6.58. The second kappa shape index (κ2) is 10.6. The summed E-state index contributed by atoms with van der Waals surface area (Å²) in [5.74, 6) is -5.78. The summed E-state index contributed by atoms with van der Waals surface area (Å²) in [7, 11) is 0. The van der Waals surface area contributed by atoms with Crippen LogP contribution >= 0.6 is 23.2 Å². The van der Waals surface area contributed by atoms with Crippen LogP contribution < -0.4 is 14.5 Å². The molecule has 6 unspecified atom stereocenters. The molecule has 3 aromatic carbocycles. The number of carbonyl (C=O) groups is 4. The van der Waals surface area contributed by atoms with Crippen LogP contribution in [0.25, 0.3) is 6.08 Å². The van der Waals surface area contributed by atoms with E-state index in [1.54, 1.807) is 42.5 Å². The van der Waals surface area contributed by atoms with E-state index >= 15 is 0 Å². The lowest BCUT2D eigenvalue weighted by Gasteiger charge is -2.51. The molecule has 0 bridgehead atoms. The molecule has 3 aliphatic heterocycles. The number of amides is 4. The third-order valence-electron chi connectivity index (χ3n) is 10.4. The first-order valence-corrected chi connectivity index (χ1v) is 16.2. The van der Waals surface area contributed by atoms with Crippen molar-refractivity contribution >= 4 is 64.3 Å². The third kappa shape index (κ3) is 4.07. The Kier molecular flexibility index (Phi) is 6.78. The lowest BCUT2D eigenvalue weighted by molar-refractivity contribution is -0.125. The van der Waals surface area contributed by atoms with E-state index in [1.165, 1.54) is 29.4 Å². The maximum absolute atomic E-state index is 14.5. The highest BCUT2D eigenvalue weighted by Crippen LogP contribution is 2.65. The summed E-state index contributed by atoms with van der Waals surface area (Å²) in [4.78, 5) is 55.1. The molecule has 8 rings (SSSR count). The standard InChI is InChI=1S/C37H27Cl2FN2O6/c1-2-19-3-7-23(8-4-19)41-32(44)27-13-12-26-28(30(27)33(41)45)17-36(38)34(46)42(24-9-5-22(40)6-10-24)35(47)37(36,39)31(26)21-15-20-16-25(43)11-14-29(20)48-18-21/h2-12,14,16,18,27-28,30-31,43H,1,13,15,17H2. The highest BCUT2D eigenvalue weighted by Gasteiger charge is 2.77. The zero-order valence-electron chi connectivity index (χ0n) is 25.2. The Morgan fingerprint density at radius 2 is 1.58 bits per heavy atom. The number of alkyl halides is 2. The largest absolute Gasteiger partial charge is 0.508 e. The van der Waals surface area contributed by atoms with Crippen LogP contribution in [0.3, 0.4) is 0 Å². The van der Waals surface area contributed by atoms with Crippen molar-refractivity contribution in [2.24, 2.45) is 23.7 Å². The number of imide groups is 2. The smallest absolute Gasteiger partial charge is 0.258 e. The minimum Gasteiger partial charge on any atom is -0.508 e. The first-order chi connectivity index (χ1) is 23.0. The van der Waals surface area contributed by atoms with Crippen LogP contribution in [0.1, 0.15) is 24.0 Å². The van der Waals surface area contributed by atoms with Crippen LogP contribution in [-0.4, -0.2) is 38.5 Å². The number of hydrogen-bond donors (Lipinski definition) is 1. The van der Waals surface area contributed by atoms with Crippen molar-refractivity contribution in [3.8, 4) is 11.5 Å². The van der Waals surface area contributed by atoms with Crippen LogP contribution in [0.4, 0.5) is 15.8 Å². The first kappa shape index (κ1) is 30.6. The summed E-state index contributed by atoms with van der Waals surface area (Å²) in [5, 5.41) is 10.2. The predicted octanol–water partition coefficient (Wildman–Crippen LogP) is 6.29. The van der Waals surface area contributed by atoms with Crippen LogP contribution in [-0.2, 0) is 25.6 Å². The van der Waals surface area contributed by atoms with Gasteiger partial charge in [-0.05, 0) is 84.5 Å². The minimum absolute atomic E-state index is 0.0120. The molecule has 0 radical (unpaired) electrons. The van der Waals surface area contributed by atoms with E-state index in [-0.39, 0.29) is 36.6 Å². The fourth-order valence-electron chi connectivity index (χ4n) is 8.22. The maximum atomic E-state index is 14.5. The lowest BCUT2D eigenvalue weighted by Crippen LogP contribution is -2.61. The number of phenols is 1. The molecule has 3 aromatic rings. The minimum atomic E-state index is -2.08. The average molecular weight is 686 g/mol. The van der Waals surface area contributed by atoms with Gasteiger partial charge in [0.05, 0.1) is 29.5 Å². The molecule has 6 atom stereocenters. The van der Waals surface area contributed by atoms with E-state index < -0.39 is 57.0 Å². The summed E-state index contributed by atoms with van der Waals surface area (Å²) < 4.78 is 19.9. The molecule has 2 aliphatic carbocycles. The predicted molar refractivity (Wildman–Crippen MR) is 177 cm³/mol. The zero-order valence-corrected chi connectivity index (χ0v) is 26.7. The molecule has 5 aliphatic rings. The van der Waals surface area contributed by atoms with Gasteiger partial charge in [-0.2, -0.15) is 0 Å². The van der Waals surface area contributed by atoms with Gasteiger partial charge in [-0.25, -0.2) is 9.29 Å². The first-order valence-electron chi connectivity index (χ1n) is 15.5. The molecule has 11 heteroatoms. The van der Waals surface area contributed by atoms with Crippen molar-refractivity contribution in [1.82, 2.24) is 0 Å². The molecule has 4 amide bonds. The van der Waals surface area contributed by atoms with E-state index in [4.69, 9.17) is 27.9 Å². The number of phenolic OH excluding ortho intramolecular Hbond substituents is 1. The van der Waals surface area contributed by atoms with E-state index in [1.807, 2.05) is 6.08 Å². The van der Waals surface area contributed by atoms with Gasteiger partial charge in [-0.15, -0.1) is 23.2 Å². The van der Waals surface area contributed by atoms with Gasteiger partial charge in [0, 0.05) is 17.9 Å². The number of fused-ring (bicyclic) bond motifs is 5. The molecule has 48 heavy (non-hydrogen) atoms. The molecule has 8 nitrogen and oxygen atoms in total. The second-order valence-corrected chi connectivity index (χ2v) is 14.1. The highest BCUT2D eigenvalue weighted by atomic mass is 35.5. The summed E-state index contributed by atoms with van der Waals surface area (Å²) >= 11 is 14.9. The van der Waals surface area contributed by atoms with Gasteiger partial charge in [0.25, 0.3) is 11.8 Å². The topological polar surface area (TPSA) is 104 Å². The molecule has 3 heterocycles. The fraction of sp³-hybridized carbons (Fsp3) is 0.243. The van der Waals surface area contributed by atoms with Gasteiger partial charge < -0.3 is 9.84 Å². The third-order valence-corrected chi connectivity index (χ3v) is 11.8. The quantitative estimate of drug-likeness (QED) is 0.197. The Labute approximate surface area is 284 Å². The van der Waals surface area contributed by atoms with Crippen molar-refractivity contribution in [3.05, 3.63) is 114 Å². The van der Waals surface area contributed by atoms with Crippen LogP contribution in [0.2, 0.25) is 0 Å². The Morgan fingerprint density at radius 3 is 2.29 bits per heavy atom. The molecule has 242 valence electrons. The number of anilines is 2. The van der Waals surface area contributed by atoms with Crippen LogP contribution in [0, 0.1) is 29.5 Å². The van der Waals surface area contributed by atoms with Gasteiger partial charge in [0.2, 0.25) is 11.8 Å². The molecule has 2 saturated heterocycles. The normalized spacial score (nSPS) is 30.6. The Bertz CT molecular complexity index is 2030. The van der Waals surface area contributed by atoms with Gasteiger partial charge >= 0.3 is 0 Å².